The van der Waals surface area contributed by atoms with Crippen molar-refractivity contribution in [2.24, 2.45) is 0 Å². The Bertz CT molecular complexity index is 653. The number of aromatic nitrogens is 1. The molecule has 1 aromatic heterocycles. The fourth-order valence-corrected chi connectivity index (χ4v) is 1.54. The zero-order chi connectivity index (χ0) is 13.8. The maximum atomic E-state index is 13.4. The van der Waals surface area contributed by atoms with Gasteiger partial charge in [0.1, 0.15) is 12.1 Å². The summed E-state index contributed by atoms with van der Waals surface area (Å²) < 4.78 is 39.3. The second kappa shape index (κ2) is 5.48. The molecule has 0 bridgehead atoms. The van der Waals surface area contributed by atoms with Crippen LogP contribution in [0.25, 0.3) is 17.3 Å². The van der Waals surface area contributed by atoms with Gasteiger partial charge in [-0.05, 0) is 36.4 Å². The molecule has 2 nitrogen and oxygen atoms in total. The largest absolute Gasteiger partial charge is 0.299 e. The zero-order valence-corrected chi connectivity index (χ0v) is 9.61. The second-order valence-electron chi connectivity index (χ2n) is 3.72. The van der Waals surface area contributed by atoms with Crippen LogP contribution in [0.4, 0.5) is 13.2 Å². The van der Waals surface area contributed by atoms with E-state index in [0.717, 1.165) is 24.4 Å². The van der Waals surface area contributed by atoms with Gasteiger partial charge < -0.3 is 0 Å². The number of nitrogens with zero attached hydrogens (tertiary/aromatic N) is 1. The van der Waals surface area contributed by atoms with Gasteiger partial charge in [0, 0.05) is 11.1 Å². The lowest BCUT2D eigenvalue weighted by Crippen LogP contribution is -1.91. The summed E-state index contributed by atoms with van der Waals surface area (Å²) in [7, 11) is 0. The summed E-state index contributed by atoms with van der Waals surface area (Å²) in [5.74, 6) is -2.58. The Morgan fingerprint density at radius 1 is 1.00 bits per heavy atom. The molecule has 0 aliphatic heterocycles. The summed E-state index contributed by atoms with van der Waals surface area (Å²) >= 11 is 0. The van der Waals surface area contributed by atoms with Crippen LogP contribution in [0.5, 0.6) is 0 Å². The van der Waals surface area contributed by atoms with Gasteiger partial charge in [-0.2, -0.15) is 0 Å². The maximum Gasteiger partial charge on any atom is 0.159 e. The molecule has 0 saturated heterocycles. The molecule has 5 heteroatoms. The molecule has 0 saturated carbocycles. The van der Waals surface area contributed by atoms with E-state index in [2.05, 4.69) is 4.98 Å². The molecule has 0 amide bonds. The van der Waals surface area contributed by atoms with Crippen molar-refractivity contribution in [1.29, 1.82) is 0 Å². The van der Waals surface area contributed by atoms with Crippen molar-refractivity contribution >= 4 is 12.4 Å². The molecule has 0 radical (unpaired) electrons. The topological polar surface area (TPSA) is 30.0 Å². The van der Waals surface area contributed by atoms with Gasteiger partial charge in [-0.1, -0.05) is 0 Å². The Kier molecular flexibility index (Phi) is 3.75. The fraction of sp³-hybridized carbons (Fsp3) is 0. The van der Waals surface area contributed by atoms with Gasteiger partial charge in [0.15, 0.2) is 11.6 Å². The maximum absolute atomic E-state index is 13.4. The van der Waals surface area contributed by atoms with E-state index in [1.165, 1.54) is 18.2 Å². The van der Waals surface area contributed by atoms with E-state index in [1.807, 2.05) is 0 Å². The molecule has 0 unspecified atom stereocenters. The van der Waals surface area contributed by atoms with Gasteiger partial charge in [0.2, 0.25) is 0 Å². The van der Waals surface area contributed by atoms with E-state index < -0.39 is 17.5 Å². The van der Waals surface area contributed by atoms with Gasteiger partial charge in [-0.25, -0.2) is 13.2 Å². The van der Waals surface area contributed by atoms with E-state index in [0.29, 0.717) is 11.8 Å². The summed E-state index contributed by atoms with van der Waals surface area (Å²) in [6.45, 7) is 0. The number of hydrogen-bond acceptors (Lipinski definition) is 2. The van der Waals surface area contributed by atoms with Crippen molar-refractivity contribution in [2.45, 2.75) is 0 Å². The van der Waals surface area contributed by atoms with Gasteiger partial charge in [0.05, 0.1) is 11.9 Å². The number of hydrogen-bond donors (Lipinski definition) is 0. The molecule has 0 fully saturated rings. The van der Waals surface area contributed by atoms with Crippen LogP contribution in [0, 0.1) is 17.5 Å². The van der Waals surface area contributed by atoms with Gasteiger partial charge in [0.25, 0.3) is 0 Å². The molecule has 0 N–H and O–H groups in total. The van der Waals surface area contributed by atoms with E-state index in [4.69, 9.17) is 0 Å². The molecule has 2 rings (SSSR count). The molecule has 96 valence electrons. The van der Waals surface area contributed by atoms with Crippen molar-refractivity contribution in [3.05, 3.63) is 59.6 Å². The smallest absolute Gasteiger partial charge is 0.159 e. The predicted octanol–water partition coefficient (Wildman–Crippen LogP) is 3.38. The highest BCUT2D eigenvalue weighted by Gasteiger charge is 2.08. The second-order valence-corrected chi connectivity index (χ2v) is 3.72. The molecule has 1 heterocycles. The monoisotopic (exact) mass is 263 g/mol. The first-order chi connectivity index (χ1) is 9.11. The lowest BCUT2D eigenvalue weighted by molar-refractivity contribution is -0.104. The van der Waals surface area contributed by atoms with Crippen LogP contribution in [0.3, 0.4) is 0 Å². The third kappa shape index (κ3) is 2.88. The van der Waals surface area contributed by atoms with Crippen LogP contribution in [-0.4, -0.2) is 11.3 Å². The quantitative estimate of drug-likeness (QED) is 0.627. The number of rotatable bonds is 3. The minimum absolute atomic E-state index is 0.141. The lowest BCUT2D eigenvalue weighted by Gasteiger charge is -2.04. The predicted molar refractivity (Wildman–Crippen MR) is 64.6 cm³/mol. The molecule has 0 aliphatic rings. The zero-order valence-electron chi connectivity index (χ0n) is 9.61. The average molecular weight is 263 g/mol. The van der Waals surface area contributed by atoms with Crippen molar-refractivity contribution in [1.82, 2.24) is 4.98 Å². The van der Waals surface area contributed by atoms with Crippen LogP contribution in [0.15, 0.2) is 36.5 Å². The Hall–Kier alpha value is -2.43. The molecule has 0 atom stereocenters. The first-order valence-electron chi connectivity index (χ1n) is 5.34. The molecular formula is C14H8F3NO. The van der Waals surface area contributed by atoms with Crippen LogP contribution in [-0.2, 0) is 4.79 Å². The fourth-order valence-electron chi connectivity index (χ4n) is 1.54. The van der Waals surface area contributed by atoms with Crippen LogP contribution >= 0.6 is 0 Å². The number of carbonyl (C=O) groups excluding carboxylic acids is 1. The number of benzene rings is 1. The molecular weight excluding hydrogens is 255 g/mol. The van der Waals surface area contributed by atoms with Gasteiger partial charge >= 0.3 is 0 Å². The highest BCUT2D eigenvalue weighted by molar-refractivity contribution is 5.75. The summed E-state index contributed by atoms with van der Waals surface area (Å²) in [5, 5.41) is 0. The summed E-state index contributed by atoms with van der Waals surface area (Å²) in [6, 6.07) is 4.63. The van der Waals surface area contributed by atoms with Crippen molar-refractivity contribution in [2.75, 3.05) is 0 Å². The molecule has 0 spiro atoms. The lowest BCUT2D eigenvalue weighted by atomic mass is 10.1. The van der Waals surface area contributed by atoms with Gasteiger partial charge in [-0.3, -0.25) is 9.78 Å². The Morgan fingerprint density at radius 2 is 1.79 bits per heavy atom. The molecule has 2 aromatic rings. The minimum Gasteiger partial charge on any atom is -0.299 e. The molecule has 0 aliphatic carbocycles. The standard InChI is InChI=1S/C14H8F3NO/c15-11-4-3-10(6-12(11)16)14-7-9(2-1-5-19)13(17)8-18-14/h1-8H/b2-1+. The number of aldehydes is 1. The summed E-state index contributed by atoms with van der Waals surface area (Å²) in [6.07, 6.45) is 3.87. The van der Waals surface area contributed by atoms with E-state index in [-0.39, 0.29) is 11.3 Å². The third-order valence-electron chi connectivity index (χ3n) is 2.45. The Labute approximate surface area is 107 Å². The van der Waals surface area contributed by atoms with Crippen molar-refractivity contribution < 1.29 is 18.0 Å². The number of carbonyl (C=O) groups is 1. The Morgan fingerprint density at radius 3 is 2.47 bits per heavy atom. The van der Waals surface area contributed by atoms with Crippen LogP contribution < -0.4 is 0 Å². The number of allylic oxidation sites excluding steroid dienone is 1. The highest BCUT2D eigenvalue weighted by Crippen LogP contribution is 2.22. The van der Waals surface area contributed by atoms with E-state index >= 15 is 0 Å². The van der Waals surface area contributed by atoms with Crippen molar-refractivity contribution in [3.63, 3.8) is 0 Å². The molecule has 19 heavy (non-hydrogen) atoms. The summed E-state index contributed by atoms with van der Waals surface area (Å²) in [4.78, 5) is 14.0. The minimum atomic E-state index is -1.01. The van der Waals surface area contributed by atoms with Crippen LogP contribution in [0.1, 0.15) is 5.56 Å². The normalized spacial score (nSPS) is 10.9. The van der Waals surface area contributed by atoms with E-state index in [9.17, 15) is 18.0 Å². The Balaban J connectivity index is 2.47. The summed E-state index contributed by atoms with van der Waals surface area (Å²) in [5.41, 5.74) is 0.743. The molecule has 1 aromatic carbocycles. The third-order valence-corrected chi connectivity index (χ3v) is 2.45. The average Bonchev–Trinajstić information content (AvgIpc) is 2.41. The number of pyridine rings is 1. The first kappa shape index (κ1) is 13.0. The van der Waals surface area contributed by atoms with Crippen molar-refractivity contribution in [3.8, 4) is 11.3 Å². The SMILES string of the molecule is O=C/C=C/c1cc(-c2ccc(F)c(F)c2)ncc1F. The number of halogens is 3. The van der Waals surface area contributed by atoms with Gasteiger partial charge in [-0.15, -0.1) is 0 Å². The van der Waals surface area contributed by atoms with Crippen LogP contribution in [0.2, 0.25) is 0 Å². The highest BCUT2D eigenvalue weighted by atomic mass is 19.2. The van der Waals surface area contributed by atoms with E-state index in [1.54, 1.807) is 0 Å². The first-order valence-corrected chi connectivity index (χ1v) is 5.34.